The highest BCUT2D eigenvalue weighted by Gasteiger charge is 2.14. The largest absolute Gasteiger partial charge is 0.310 e. The average Bonchev–Trinajstić information content (AvgIpc) is 3.19. The predicted molar refractivity (Wildman–Crippen MR) is 106 cm³/mol. The molecule has 0 fully saturated rings. The molecule has 0 saturated carbocycles. The van der Waals surface area contributed by atoms with Crippen molar-refractivity contribution in [1.29, 1.82) is 0 Å². The highest BCUT2D eigenvalue weighted by atomic mass is 35.5. The minimum absolute atomic E-state index is 0.0935. The number of nitrogens with one attached hydrogen (secondary N) is 2. The number of nitrogens with zero attached hydrogens (tertiary/aromatic N) is 1. The molecule has 0 saturated heterocycles. The highest BCUT2D eigenvalue weighted by molar-refractivity contribution is 7.12. The summed E-state index contributed by atoms with van der Waals surface area (Å²) in [5, 5.41) is 2.55. The molecule has 27 heavy (non-hydrogen) atoms. The van der Waals surface area contributed by atoms with Gasteiger partial charge in [-0.25, -0.2) is 0 Å². The van der Waals surface area contributed by atoms with Gasteiger partial charge in [0.15, 0.2) is 0 Å². The van der Waals surface area contributed by atoms with Crippen LogP contribution in [0.3, 0.4) is 0 Å². The Balaban J connectivity index is 1.73. The Morgan fingerprint density at radius 1 is 1.00 bits per heavy atom. The van der Waals surface area contributed by atoms with E-state index in [1.807, 2.05) is 0 Å². The molecule has 1 aromatic carbocycles. The molecule has 0 spiro atoms. The van der Waals surface area contributed by atoms with Gasteiger partial charge in [0, 0.05) is 6.20 Å². The van der Waals surface area contributed by atoms with Gasteiger partial charge in [-0.05, 0) is 41.3 Å². The molecule has 0 unspecified atom stereocenters. The SMILES string of the molecule is O=C(NNC(=O)c1cccn(Cc2ccc(Cl)c(Cl)c2)c1=O)c1cccs1. The van der Waals surface area contributed by atoms with E-state index in [1.165, 1.54) is 22.0 Å². The summed E-state index contributed by atoms with van der Waals surface area (Å²) in [6.45, 7) is 0.221. The van der Waals surface area contributed by atoms with Crippen LogP contribution in [-0.4, -0.2) is 16.4 Å². The summed E-state index contributed by atoms with van der Waals surface area (Å²) in [5.41, 5.74) is 4.71. The monoisotopic (exact) mass is 421 g/mol. The van der Waals surface area contributed by atoms with E-state index in [4.69, 9.17) is 23.2 Å². The third-order valence-corrected chi connectivity index (χ3v) is 5.24. The number of hydrogen-bond acceptors (Lipinski definition) is 4. The summed E-state index contributed by atoms with van der Waals surface area (Å²) in [4.78, 5) is 37.2. The maximum atomic E-state index is 12.6. The van der Waals surface area contributed by atoms with Crippen molar-refractivity contribution in [1.82, 2.24) is 15.4 Å². The molecule has 0 atom stereocenters. The van der Waals surface area contributed by atoms with E-state index in [2.05, 4.69) is 10.9 Å². The first-order chi connectivity index (χ1) is 13.0. The number of amides is 2. The molecule has 3 aromatic rings. The van der Waals surface area contributed by atoms with Crippen LogP contribution in [-0.2, 0) is 6.54 Å². The van der Waals surface area contributed by atoms with Crippen LogP contribution in [0.1, 0.15) is 25.6 Å². The lowest BCUT2D eigenvalue weighted by atomic mass is 10.2. The zero-order chi connectivity index (χ0) is 19.4. The third kappa shape index (κ3) is 4.57. The van der Waals surface area contributed by atoms with E-state index in [0.717, 1.165) is 5.56 Å². The van der Waals surface area contributed by atoms with Crippen molar-refractivity contribution in [3.8, 4) is 0 Å². The number of pyridine rings is 1. The molecular formula is C18H13Cl2N3O3S. The van der Waals surface area contributed by atoms with E-state index in [-0.39, 0.29) is 12.1 Å². The van der Waals surface area contributed by atoms with Crippen LogP contribution in [0.25, 0.3) is 0 Å². The molecule has 0 aliphatic carbocycles. The Kier molecular flexibility index (Phi) is 5.95. The van der Waals surface area contributed by atoms with Crippen molar-refractivity contribution in [2.24, 2.45) is 0 Å². The van der Waals surface area contributed by atoms with Crippen LogP contribution in [0.2, 0.25) is 10.0 Å². The number of thiophene rings is 1. The van der Waals surface area contributed by atoms with Crippen molar-refractivity contribution in [3.05, 3.63) is 90.4 Å². The van der Waals surface area contributed by atoms with Crippen LogP contribution in [0, 0.1) is 0 Å². The molecule has 0 radical (unpaired) electrons. The molecule has 2 aromatic heterocycles. The number of carbonyl (C=O) groups excluding carboxylic acids is 2. The van der Waals surface area contributed by atoms with Gasteiger partial charge in [-0.1, -0.05) is 35.3 Å². The summed E-state index contributed by atoms with van der Waals surface area (Å²) in [6, 6.07) is 11.4. The number of carbonyl (C=O) groups is 2. The Labute approximate surface area is 168 Å². The van der Waals surface area contributed by atoms with Gasteiger partial charge in [0.2, 0.25) is 0 Å². The summed E-state index contributed by atoms with van der Waals surface area (Å²) < 4.78 is 1.37. The average molecular weight is 422 g/mol. The first kappa shape index (κ1) is 19.2. The summed E-state index contributed by atoms with van der Waals surface area (Å²) in [5.74, 6) is -1.15. The van der Waals surface area contributed by atoms with Gasteiger partial charge in [0.25, 0.3) is 17.4 Å². The standard InChI is InChI=1S/C18H13Cl2N3O3S/c19-13-6-5-11(9-14(13)20)10-23-7-1-3-12(18(23)26)16(24)21-22-17(25)15-4-2-8-27-15/h1-9H,10H2,(H,21,24)(H,22,25). The topological polar surface area (TPSA) is 80.2 Å². The second-order valence-corrected chi connectivity index (χ2v) is 7.25. The number of halogens is 2. The van der Waals surface area contributed by atoms with Gasteiger partial charge >= 0.3 is 0 Å². The number of rotatable bonds is 4. The second kappa shape index (κ2) is 8.39. The normalized spacial score (nSPS) is 10.4. The molecule has 138 valence electrons. The quantitative estimate of drug-likeness (QED) is 0.633. The van der Waals surface area contributed by atoms with Crippen molar-refractivity contribution in [2.75, 3.05) is 0 Å². The Hall–Kier alpha value is -2.61. The lowest BCUT2D eigenvalue weighted by Crippen LogP contribution is -2.43. The Bertz CT molecular complexity index is 1050. The van der Waals surface area contributed by atoms with Crippen LogP contribution in [0.4, 0.5) is 0 Å². The summed E-state index contributed by atoms with van der Waals surface area (Å²) in [6.07, 6.45) is 1.56. The molecular weight excluding hydrogens is 409 g/mol. The lowest BCUT2D eigenvalue weighted by molar-refractivity contribution is 0.0847. The van der Waals surface area contributed by atoms with Gasteiger partial charge < -0.3 is 4.57 Å². The van der Waals surface area contributed by atoms with Gasteiger partial charge in [0.1, 0.15) is 5.56 Å². The maximum Gasteiger partial charge on any atom is 0.279 e. The van der Waals surface area contributed by atoms with Gasteiger partial charge in [0.05, 0.1) is 21.5 Å². The van der Waals surface area contributed by atoms with E-state index in [0.29, 0.717) is 14.9 Å². The number of benzene rings is 1. The van der Waals surface area contributed by atoms with E-state index >= 15 is 0 Å². The summed E-state index contributed by atoms with van der Waals surface area (Å²) in [7, 11) is 0. The van der Waals surface area contributed by atoms with Crippen LogP contribution >= 0.6 is 34.5 Å². The Morgan fingerprint density at radius 2 is 1.78 bits per heavy atom. The third-order valence-electron chi connectivity index (χ3n) is 3.64. The molecule has 3 rings (SSSR count). The maximum absolute atomic E-state index is 12.6. The number of hydrogen-bond donors (Lipinski definition) is 2. The zero-order valence-corrected chi connectivity index (χ0v) is 16.1. The van der Waals surface area contributed by atoms with Gasteiger partial charge in [-0.3, -0.25) is 25.2 Å². The Morgan fingerprint density at radius 3 is 2.48 bits per heavy atom. The van der Waals surface area contributed by atoms with Gasteiger partial charge in [-0.15, -0.1) is 11.3 Å². The van der Waals surface area contributed by atoms with Crippen LogP contribution in [0.5, 0.6) is 0 Å². The minimum Gasteiger partial charge on any atom is -0.310 e. The number of hydrazine groups is 1. The van der Waals surface area contributed by atoms with Crippen molar-refractivity contribution < 1.29 is 9.59 Å². The molecule has 2 N–H and O–H groups in total. The summed E-state index contributed by atoms with van der Waals surface area (Å²) >= 11 is 13.1. The molecule has 2 amide bonds. The molecule has 0 bridgehead atoms. The van der Waals surface area contributed by atoms with E-state index in [1.54, 1.807) is 48.0 Å². The first-order valence-corrected chi connectivity index (χ1v) is 9.37. The lowest BCUT2D eigenvalue weighted by Gasteiger charge is -2.10. The zero-order valence-electron chi connectivity index (χ0n) is 13.7. The molecule has 9 heteroatoms. The first-order valence-electron chi connectivity index (χ1n) is 7.73. The second-order valence-electron chi connectivity index (χ2n) is 5.49. The smallest absolute Gasteiger partial charge is 0.279 e. The molecule has 0 aliphatic rings. The van der Waals surface area contributed by atoms with Gasteiger partial charge in [-0.2, -0.15) is 0 Å². The van der Waals surface area contributed by atoms with Crippen LogP contribution < -0.4 is 16.4 Å². The fourth-order valence-corrected chi connectivity index (χ4v) is 3.26. The number of aromatic nitrogens is 1. The molecule has 2 heterocycles. The van der Waals surface area contributed by atoms with E-state index in [9.17, 15) is 14.4 Å². The van der Waals surface area contributed by atoms with Crippen molar-refractivity contribution in [3.63, 3.8) is 0 Å². The molecule has 0 aliphatic heterocycles. The fourth-order valence-electron chi connectivity index (χ4n) is 2.32. The fraction of sp³-hybridized carbons (Fsp3) is 0.0556. The van der Waals surface area contributed by atoms with Crippen molar-refractivity contribution in [2.45, 2.75) is 6.54 Å². The highest BCUT2D eigenvalue weighted by Crippen LogP contribution is 2.22. The van der Waals surface area contributed by atoms with Crippen LogP contribution in [0.15, 0.2) is 58.8 Å². The van der Waals surface area contributed by atoms with E-state index < -0.39 is 17.4 Å². The minimum atomic E-state index is -0.701. The van der Waals surface area contributed by atoms with Crippen molar-refractivity contribution >= 4 is 46.4 Å². The predicted octanol–water partition coefficient (Wildman–Crippen LogP) is 3.34. The molecule has 6 nitrogen and oxygen atoms in total.